The van der Waals surface area contributed by atoms with E-state index in [1.807, 2.05) is 25.7 Å². The number of nitrogens with zero attached hydrogens (tertiary/aromatic N) is 2. The van der Waals surface area contributed by atoms with E-state index in [2.05, 4.69) is 17.6 Å². The van der Waals surface area contributed by atoms with Gasteiger partial charge < -0.3 is 20.4 Å². The zero-order valence-electron chi connectivity index (χ0n) is 18.6. The molecule has 2 unspecified atom stereocenters. The molecule has 1 saturated heterocycles. The Bertz CT molecular complexity index is 803. The molecule has 172 valence electrons. The van der Waals surface area contributed by atoms with E-state index in [1.54, 1.807) is 23.1 Å². The van der Waals surface area contributed by atoms with E-state index in [0.717, 1.165) is 12.8 Å². The molecule has 0 aliphatic carbocycles. The summed E-state index contributed by atoms with van der Waals surface area (Å²) in [7, 11) is 0. The molecule has 0 aromatic heterocycles. The molecule has 1 aliphatic heterocycles. The van der Waals surface area contributed by atoms with Crippen molar-refractivity contribution in [2.45, 2.75) is 59.0 Å². The molecule has 7 nitrogen and oxygen atoms in total. The Balaban J connectivity index is 2.00. The van der Waals surface area contributed by atoms with Crippen LogP contribution in [0, 0.1) is 5.92 Å². The van der Waals surface area contributed by atoms with Crippen LogP contribution in [0.25, 0.3) is 0 Å². The second-order valence-electron chi connectivity index (χ2n) is 8.25. The largest absolute Gasteiger partial charge is 0.337 e. The van der Waals surface area contributed by atoms with Crippen LogP contribution in [0.5, 0.6) is 0 Å². The third-order valence-electron chi connectivity index (χ3n) is 5.42. The highest BCUT2D eigenvalue weighted by Crippen LogP contribution is 2.29. The summed E-state index contributed by atoms with van der Waals surface area (Å²) in [5, 5.41) is 5.99. The first-order valence-electron chi connectivity index (χ1n) is 10.8. The second kappa shape index (κ2) is 11.6. The van der Waals surface area contributed by atoms with Gasteiger partial charge in [0.05, 0.1) is 15.7 Å². The fourth-order valence-corrected chi connectivity index (χ4v) is 3.96. The van der Waals surface area contributed by atoms with Crippen LogP contribution in [0.15, 0.2) is 18.2 Å². The van der Waals surface area contributed by atoms with Gasteiger partial charge in [0.2, 0.25) is 11.8 Å². The summed E-state index contributed by atoms with van der Waals surface area (Å²) in [5.74, 6) is -0.139. The zero-order chi connectivity index (χ0) is 23.1. The van der Waals surface area contributed by atoms with E-state index in [4.69, 9.17) is 23.2 Å². The number of anilines is 1. The van der Waals surface area contributed by atoms with Gasteiger partial charge >= 0.3 is 6.03 Å². The van der Waals surface area contributed by atoms with Crippen molar-refractivity contribution in [2.24, 2.45) is 5.92 Å². The normalized spacial score (nSPS) is 17.5. The van der Waals surface area contributed by atoms with Crippen molar-refractivity contribution in [1.29, 1.82) is 0 Å². The molecule has 1 aromatic carbocycles. The molecule has 2 atom stereocenters. The Kier molecular flexibility index (Phi) is 9.44. The van der Waals surface area contributed by atoms with Crippen molar-refractivity contribution in [3.8, 4) is 0 Å². The van der Waals surface area contributed by atoms with Gasteiger partial charge in [-0.05, 0) is 31.4 Å². The van der Waals surface area contributed by atoms with Crippen molar-refractivity contribution in [3.63, 3.8) is 0 Å². The standard InChI is InChI=1S/C22H32Cl2N4O3/c1-5-6-10-18(29)28-12-11-27(13-15(28)4)21(30)20(14(2)3)26-22(31)25-17-9-7-8-16(23)19(17)24/h7-9,14-15,20H,5-6,10-13H2,1-4H3,(H2,25,26,31). The first-order valence-corrected chi connectivity index (χ1v) is 11.5. The highest BCUT2D eigenvalue weighted by Gasteiger charge is 2.34. The number of halogens is 2. The minimum absolute atomic E-state index is 0.0611. The maximum Gasteiger partial charge on any atom is 0.319 e. The van der Waals surface area contributed by atoms with Crippen molar-refractivity contribution in [3.05, 3.63) is 28.2 Å². The Morgan fingerprint density at radius 1 is 1.19 bits per heavy atom. The van der Waals surface area contributed by atoms with Gasteiger partial charge in [0.15, 0.2) is 0 Å². The molecule has 0 bridgehead atoms. The Morgan fingerprint density at radius 2 is 1.90 bits per heavy atom. The molecule has 1 heterocycles. The molecule has 0 radical (unpaired) electrons. The van der Waals surface area contributed by atoms with Crippen LogP contribution in [0.3, 0.4) is 0 Å². The van der Waals surface area contributed by atoms with Crippen LogP contribution in [-0.2, 0) is 9.59 Å². The first kappa shape index (κ1) is 25.3. The highest BCUT2D eigenvalue weighted by molar-refractivity contribution is 6.43. The molecule has 1 aliphatic rings. The third kappa shape index (κ3) is 6.74. The average molecular weight is 471 g/mol. The van der Waals surface area contributed by atoms with Crippen LogP contribution in [0.1, 0.15) is 47.0 Å². The van der Waals surface area contributed by atoms with Crippen LogP contribution in [0.2, 0.25) is 10.0 Å². The number of hydrogen-bond donors (Lipinski definition) is 2. The maximum atomic E-state index is 13.2. The summed E-state index contributed by atoms with van der Waals surface area (Å²) in [6, 6.07) is 3.65. The van der Waals surface area contributed by atoms with Crippen LogP contribution in [-0.4, -0.2) is 59.4 Å². The van der Waals surface area contributed by atoms with Gasteiger partial charge in [0.25, 0.3) is 0 Å². The van der Waals surface area contributed by atoms with Crippen molar-refractivity contribution in [1.82, 2.24) is 15.1 Å². The lowest BCUT2D eigenvalue weighted by atomic mass is 10.0. The fourth-order valence-electron chi connectivity index (χ4n) is 3.61. The summed E-state index contributed by atoms with van der Waals surface area (Å²) in [5.41, 5.74) is 0.370. The van der Waals surface area contributed by atoms with Gasteiger partial charge in [-0.2, -0.15) is 0 Å². The fraction of sp³-hybridized carbons (Fsp3) is 0.591. The van der Waals surface area contributed by atoms with Gasteiger partial charge in [-0.15, -0.1) is 0 Å². The van der Waals surface area contributed by atoms with E-state index >= 15 is 0 Å². The summed E-state index contributed by atoms with van der Waals surface area (Å²) >= 11 is 12.1. The number of nitrogens with one attached hydrogen (secondary N) is 2. The van der Waals surface area contributed by atoms with Crippen molar-refractivity contribution < 1.29 is 14.4 Å². The highest BCUT2D eigenvalue weighted by atomic mass is 35.5. The predicted molar refractivity (Wildman–Crippen MR) is 125 cm³/mol. The molecule has 1 aromatic rings. The second-order valence-corrected chi connectivity index (χ2v) is 9.03. The minimum Gasteiger partial charge on any atom is -0.337 e. The topological polar surface area (TPSA) is 81.8 Å². The van der Waals surface area contributed by atoms with Crippen LogP contribution >= 0.6 is 23.2 Å². The molecule has 1 fully saturated rings. The lowest BCUT2D eigenvalue weighted by Gasteiger charge is -2.41. The molecule has 0 saturated carbocycles. The number of piperazine rings is 1. The summed E-state index contributed by atoms with van der Waals surface area (Å²) in [6.07, 6.45) is 2.38. The quantitative estimate of drug-likeness (QED) is 0.619. The zero-order valence-corrected chi connectivity index (χ0v) is 20.1. The summed E-state index contributed by atoms with van der Waals surface area (Å²) in [6.45, 7) is 9.17. The van der Waals surface area contributed by atoms with E-state index in [-0.39, 0.29) is 28.8 Å². The number of carbonyl (C=O) groups excluding carboxylic acids is 3. The number of carbonyl (C=O) groups is 3. The molecule has 2 N–H and O–H groups in total. The predicted octanol–water partition coefficient (Wildman–Crippen LogP) is 4.39. The Hall–Kier alpha value is -1.99. The van der Waals surface area contributed by atoms with E-state index in [0.29, 0.717) is 36.8 Å². The third-order valence-corrected chi connectivity index (χ3v) is 6.24. The average Bonchev–Trinajstić information content (AvgIpc) is 2.72. The molecule has 2 rings (SSSR count). The monoisotopic (exact) mass is 470 g/mol. The van der Waals surface area contributed by atoms with Crippen LogP contribution in [0.4, 0.5) is 10.5 Å². The van der Waals surface area contributed by atoms with Gasteiger partial charge in [0.1, 0.15) is 6.04 Å². The number of hydrogen-bond acceptors (Lipinski definition) is 3. The van der Waals surface area contributed by atoms with E-state index < -0.39 is 12.1 Å². The van der Waals surface area contributed by atoms with Gasteiger partial charge in [-0.3, -0.25) is 9.59 Å². The SMILES string of the molecule is CCCCC(=O)N1CCN(C(=O)C(NC(=O)Nc2cccc(Cl)c2Cl)C(C)C)CC1C. The van der Waals surface area contributed by atoms with Crippen molar-refractivity contribution in [2.75, 3.05) is 25.0 Å². The Morgan fingerprint density at radius 3 is 2.52 bits per heavy atom. The van der Waals surface area contributed by atoms with E-state index in [9.17, 15) is 14.4 Å². The Labute approximate surface area is 194 Å². The number of unbranched alkanes of at least 4 members (excludes halogenated alkanes) is 1. The number of amides is 4. The minimum atomic E-state index is -0.701. The number of benzene rings is 1. The van der Waals surface area contributed by atoms with E-state index in [1.165, 1.54) is 0 Å². The maximum absolute atomic E-state index is 13.2. The molecule has 0 spiro atoms. The first-order chi connectivity index (χ1) is 14.6. The van der Waals surface area contributed by atoms with Gasteiger partial charge in [-0.25, -0.2) is 4.79 Å². The van der Waals surface area contributed by atoms with Crippen LogP contribution < -0.4 is 10.6 Å². The number of rotatable bonds is 7. The van der Waals surface area contributed by atoms with Gasteiger partial charge in [-0.1, -0.05) is 56.5 Å². The van der Waals surface area contributed by atoms with Gasteiger partial charge in [0, 0.05) is 32.1 Å². The molecule has 4 amide bonds. The molecule has 31 heavy (non-hydrogen) atoms. The van der Waals surface area contributed by atoms with Crippen molar-refractivity contribution >= 4 is 46.7 Å². The summed E-state index contributed by atoms with van der Waals surface area (Å²) < 4.78 is 0. The smallest absolute Gasteiger partial charge is 0.319 e. The number of urea groups is 1. The lowest BCUT2D eigenvalue weighted by Crippen LogP contribution is -2.60. The molecular formula is C22H32Cl2N4O3. The lowest BCUT2D eigenvalue weighted by molar-refractivity contribution is -0.144. The molecule has 9 heteroatoms. The summed E-state index contributed by atoms with van der Waals surface area (Å²) in [4.78, 5) is 41.7. The molecular weight excluding hydrogens is 439 g/mol.